The third kappa shape index (κ3) is 8.35. The second kappa shape index (κ2) is 13.9. The summed E-state index contributed by atoms with van der Waals surface area (Å²) in [5, 5.41) is 16.7. The van der Waals surface area contributed by atoms with Crippen LogP contribution in [0.15, 0.2) is 60.7 Å². The number of anilines is 4. The van der Waals surface area contributed by atoms with Crippen molar-refractivity contribution in [3.05, 3.63) is 66.2 Å². The molecule has 1 aliphatic heterocycles. The van der Waals surface area contributed by atoms with Crippen LogP contribution in [-0.2, 0) is 6.18 Å². The average Bonchev–Trinajstić information content (AvgIpc) is 3.00. The van der Waals surface area contributed by atoms with Crippen molar-refractivity contribution in [2.45, 2.75) is 6.18 Å². The lowest BCUT2D eigenvalue weighted by Gasteiger charge is -2.36. The molecule has 11 nitrogen and oxygen atoms in total. The van der Waals surface area contributed by atoms with Crippen molar-refractivity contribution < 1.29 is 42.1 Å². The minimum Gasteiger partial charge on any atom is -0.497 e. The molecule has 0 radical (unpaired) electrons. The quantitative estimate of drug-likeness (QED) is 0.269. The van der Waals surface area contributed by atoms with Gasteiger partial charge in [0.1, 0.15) is 23.9 Å². The Morgan fingerprint density at radius 2 is 1.44 bits per heavy atom. The summed E-state index contributed by atoms with van der Waals surface area (Å²) in [6.07, 6.45) is -4.72. The van der Waals surface area contributed by atoms with Crippen LogP contribution in [0.5, 0.6) is 17.2 Å². The molecule has 0 atom stereocenters. The van der Waals surface area contributed by atoms with Gasteiger partial charge in [-0.25, -0.2) is 9.59 Å². The van der Waals surface area contributed by atoms with Crippen LogP contribution >= 0.6 is 0 Å². The zero-order chi connectivity index (χ0) is 31.0. The van der Waals surface area contributed by atoms with Crippen molar-refractivity contribution in [3.63, 3.8) is 0 Å². The summed E-state index contributed by atoms with van der Waals surface area (Å²) >= 11 is 0. The molecule has 1 aliphatic rings. The Bertz CT molecular complexity index is 1390. The number of ether oxygens (including phenoxy) is 3. The van der Waals surface area contributed by atoms with E-state index in [2.05, 4.69) is 16.0 Å². The van der Waals surface area contributed by atoms with Crippen LogP contribution in [0.3, 0.4) is 0 Å². The summed E-state index contributed by atoms with van der Waals surface area (Å²) in [6.45, 7) is 0.999. The first kappa shape index (κ1) is 31.1. The maximum absolute atomic E-state index is 13.6. The fourth-order valence-corrected chi connectivity index (χ4v) is 4.41. The highest BCUT2D eigenvalue weighted by Gasteiger charge is 2.35. The minimum absolute atomic E-state index is 0.0626. The second-order valence-electron chi connectivity index (χ2n) is 9.41. The summed E-state index contributed by atoms with van der Waals surface area (Å²) in [6, 6.07) is 14.3. The van der Waals surface area contributed by atoms with Gasteiger partial charge in [0, 0.05) is 61.4 Å². The Kier molecular flexibility index (Phi) is 10.0. The standard InChI is InChI=1S/C29H32F3N5O6/c1-41-23-15-20(16-24(17-23)42-2)34-27(39)33-19-3-5-21(6-4-19)36-9-11-37(12-10-36)28(40)35-26-8-7-22(43-14-13-38)18-25(26)29(30,31)32/h3-8,15-18,38H,9-14H2,1-2H3,(H,35,40)(H2,33,34,39). The lowest BCUT2D eigenvalue weighted by molar-refractivity contribution is -0.137. The summed E-state index contributed by atoms with van der Waals surface area (Å²) in [7, 11) is 3.03. The molecule has 4 rings (SSSR count). The van der Waals surface area contributed by atoms with E-state index in [0.717, 1.165) is 17.8 Å². The molecule has 230 valence electrons. The topological polar surface area (TPSA) is 125 Å². The van der Waals surface area contributed by atoms with E-state index in [1.165, 1.54) is 25.2 Å². The Hall–Kier alpha value is -4.85. The number of carbonyl (C=O) groups is 2. The van der Waals surface area contributed by atoms with Gasteiger partial charge in [0.05, 0.1) is 32.1 Å². The molecule has 0 unspecified atom stereocenters. The van der Waals surface area contributed by atoms with E-state index in [9.17, 15) is 22.8 Å². The van der Waals surface area contributed by atoms with Crippen LogP contribution in [0.2, 0.25) is 0 Å². The van der Waals surface area contributed by atoms with Gasteiger partial charge < -0.3 is 45.1 Å². The molecule has 0 spiro atoms. The van der Waals surface area contributed by atoms with Crippen LogP contribution in [-0.4, -0.2) is 75.7 Å². The number of nitrogens with one attached hydrogen (secondary N) is 3. The Labute approximate surface area is 246 Å². The van der Waals surface area contributed by atoms with Gasteiger partial charge in [-0.1, -0.05) is 0 Å². The molecular weight excluding hydrogens is 571 g/mol. The van der Waals surface area contributed by atoms with E-state index < -0.39 is 23.8 Å². The first-order valence-electron chi connectivity index (χ1n) is 13.3. The van der Waals surface area contributed by atoms with E-state index in [-0.39, 0.29) is 37.7 Å². The van der Waals surface area contributed by atoms with E-state index in [1.54, 1.807) is 30.3 Å². The molecule has 1 saturated heterocycles. The predicted molar refractivity (Wildman–Crippen MR) is 155 cm³/mol. The van der Waals surface area contributed by atoms with E-state index >= 15 is 0 Å². The van der Waals surface area contributed by atoms with Crippen LogP contribution in [0, 0.1) is 0 Å². The van der Waals surface area contributed by atoms with E-state index in [1.807, 2.05) is 17.0 Å². The maximum Gasteiger partial charge on any atom is 0.418 e. The van der Waals surface area contributed by atoms with Crippen molar-refractivity contribution >= 4 is 34.8 Å². The molecule has 3 aromatic carbocycles. The van der Waals surface area contributed by atoms with Gasteiger partial charge in [-0.05, 0) is 42.5 Å². The maximum atomic E-state index is 13.6. The summed E-state index contributed by atoms with van der Waals surface area (Å²) in [4.78, 5) is 28.8. The largest absolute Gasteiger partial charge is 0.497 e. The number of methoxy groups -OCH3 is 2. The molecule has 0 aromatic heterocycles. The number of halogens is 3. The van der Waals surface area contributed by atoms with Crippen molar-refractivity contribution in [1.82, 2.24) is 4.90 Å². The molecule has 3 aromatic rings. The lowest BCUT2D eigenvalue weighted by atomic mass is 10.1. The van der Waals surface area contributed by atoms with Gasteiger partial charge in [-0.15, -0.1) is 0 Å². The molecule has 1 fully saturated rings. The number of carbonyl (C=O) groups excluding carboxylic acids is 2. The first-order chi connectivity index (χ1) is 20.6. The number of nitrogens with zero attached hydrogens (tertiary/aromatic N) is 2. The lowest BCUT2D eigenvalue weighted by Crippen LogP contribution is -2.50. The second-order valence-corrected chi connectivity index (χ2v) is 9.41. The summed E-state index contributed by atoms with van der Waals surface area (Å²) < 4.78 is 56.4. The Balaban J connectivity index is 1.30. The molecule has 14 heteroatoms. The number of benzene rings is 3. The van der Waals surface area contributed by atoms with Crippen LogP contribution in [0.4, 0.5) is 45.5 Å². The van der Waals surface area contributed by atoms with Gasteiger partial charge in [0.15, 0.2) is 0 Å². The number of urea groups is 2. The SMILES string of the molecule is COc1cc(NC(=O)Nc2ccc(N3CCN(C(=O)Nc4ccc(OCCO)cc4C(F)(F)F)CC3)cc2)cc(OC)c1. The van der Waals surface area contributed by atoms with Gasteiger partial charge >= 0.3 is 18.2 Å². The van der Waals surface area contributed by atoms with Gasteiger partial charge in [-0.3, -0.25) is 0 Å². The molecule has 4 N–H and O–H groups in total. The van der Waals surface area contributed by atoms with Crippen molar-refractivity contribution in [3.8, 4) is 17.2 Å². The number of aliphatic hydroxyl groups is 1. The molecule has 0 saturated carbocycles. The molecule has 0 bridgehead atoms. The van der Waals surface area contributed by atoms with E-state index in [0.29, 0.717) is 36.0 Å². The number of hydrogen-bond donors (Lipinski definition) is 4. The third-order valence-corrected chi connectivity index (χ3v) is 6.56. The number of alkyl halides is 3. The number of rotatable bonds is 9. The number of piperazine rings is 1. The summed E-state index contributed by atoms with van der Waals surface area (Å²) in [5.74, 6) is 0.996. The fraction of sp³-hybridized carbons (Fsp3) is 0.310. The van der Waals surface area contributed by atoms with Crippen molar-refractivity contribution in [2.75, 3.05) is 74.5 Å². The van der Waals surface area contributed by atoms with Crippen molar-refractivity contribution in [2.24, 2.45) is 0 Å². The predicted octanol–water partition coefficient (Wildman–Crippen LogP) is 5.09. The molecule has 43 heavy (non-hydrogen) atoms. The average molecular weight is 604 g/mol. The molecule has 1 heterocycles. The number of amides is 4. The minimum atomic E-state index is -4.72. The van der Waals surface area contributed by atoms with Gasteiger partial charge in [0.2, 0.25) is 0 Å². The van der Waals surface area contributed by atoms with Gasteiger partial charge in [-0.2, -0.15) is 13.2 Å². The number of hydrogen-bond acceptors (Lipinski definition) is 7. The highest BCUT2D eigenvalue weighted by molar-refractivity contribution is 6.00. The molecule has 4 amide bonds. The highest BCUT2D eigenvalue weighted by Crippen LogP contribution is 2.37. The van der Waals surface area contributed by atoms with E-state index in [4.69, 9.17) is 19.3 Å². The smallest absolute Gasteiger partial charge is 0.418 e. The normalized spacial score (nSPS) is 13.3. The molecule has 0 aliphatic carbocycles. The van der Waals surface area contributed by atoms with Crippen LogP contribution in [0.25, 0.3) is 0 Å². The molecular formula is C29H32F3N5O6. The highest BCUT2D eigenvalue weighted by atomic mass is 19.4. The Morgan fingerprint density at radius 3 is 2.02 bits per heavy atom. The van der Waals surface area contributed by atoms with Crippen LogP contribution in [0.1, 0.15) is 5.56 Å². The monoisotopic (exact) mass is 603 g/mol. The Morgan fingerprint density at radius 1 is 0.814 bits per heavy atom. The zero-order valence-electron chi connectivity index (χ0n) is 23.5. The number of aliphatic hydroxyl groups excluding tert-OH is 1. The summed E-state index contributed by atoms with van der Waals surface area (Å²) in [5.41, 5.74) is 0.490. The van der Waals surface area contributed by atoms with Crippen LogP contribution < -0.4 is 35.1 Å². The zero-order valence-corrected chi connectivity index (χ0v) is 23.5. The first-order valence-corrected chi connectivity index (χ1v) is 13.3. The fourth-order valence-electron chi connectivity index (χ4n) is 4.41. The van der Waals surface area contributed by atoms with Crippen molar-refractivity contribution in [1.29, 1.82) is 0 Å². The third-order valence-electron chi connectivity index (χ3n) is 6.56. The van der Waals surface area contributed by atoms with Gasteiger partial charge in [0.25, 0.3) is 0 Å².